The van der Waals surface area contributed by atoms with E-state index in [0.29, 0.717) is 42.1 Å². The number of methoxy groups -OCH3 is 1. The number of benzene rings is 1. The van der Waals surface area contributed by atoms with Crippen LogP contribution < -0.4 is 15.4 Å². The number of pyridine rings is 1. The minimum Gasteiger partial charge on any atom is -0.467 e. The highest BCUT2D eigenvalue weighted by Crippen LogP contribution is 2.51. The first-order valence-electron chi connectivity index (χ1n) is 12.1. The molecule has 2 atom stereocenters. The van der Waals surface area contributed by atoms with Crippen LogP contribution in [0.25, 0.3) is 0 Å². The first kappa shape index (κ1) is 21.8. The summed E-state index contributed by atoms with van der Waals surface area (Å²) < 4.78 is 12.2. The number of anilines is 2. The SMILES string of the molecule is COc1nc2c(c(N3CC(c4cccnc4)C3)n1)CO[C@@]1(CC[C@H](C)c3ccc(N)c(C#N)c31)C2. The summed E-state index contributed by atoms with van der Waals surface area (Å²) in [6.45, 7) is 4.31. The average molecular weight is 469 g/mol. The van der Waals surface area contributed by atoms with Crippen molar-refractivity contribution in [3.8, 4) is 12.1 Å². The lowest BCUT2D eigenvalue weighted by molar-refractivity contribution is -0.0873. The fourth-order valence-corrected chi connectivity index (χ4v) is 5.86. The average Bonchev–Trinajstić information content (AvgIpc) is 2.85. The molecule has 1 spiro atoms. The van der Waals surface area contributed by atoms with Crippen LogP contribution >= 0.6 is 0 Å². The van der Waals surface area contributed by atoms with E-state index in [0.717, 1.165) is 54.1 Å². The molecule has 3 aromatic rings. The van der Waals surface area contributed by atoms with Gasteiger partial charge in [0.05, 0.1) is 25.0 Å². The summed E-state index contributed by atoms with van der Waals surface area (Å²) in [6.07, 6.45) is 6.09. The molecule has 1 aromatic carbocycles. The van der Waals surface area contributed by atoms with Crippen LogP contribution in [0.3, 0.4) is 0 Å². The van der Waals surface area contributed by atoms with Gasteiger partial charge in [-0.1, -0.05) is 19.1 Å². The molecular formula is C27H28N6O2. The van der Waals surface area contributed by atoms with Crippen LogP contribution in [0.4, 0.5) is 11.5 Å². The molecule has 2 N–H and O–H groups in total. The maximum Gasteiger partial charge on any atom is 0.318 e. The number of hydrogen-bond donors (Lipinski definition) is 1. The summed E-state index contributed by atoms with van der Waals surface area (Å²) in [4.78, 5) is 16.0. The van der Waals surface area contributed by atoms with Gasteiger partial charge in [0.15, 0.2) is 0 Å². The van der Waals surface area contributed by atoms with E-state index in [1.54, 1.807) is 13.3 Å². The molecule has 0 amide bonds. The number of aromatic nitrogens is 3. The van der Waals surface area contributed by atoms with Crippen LogP contribution in [0.15, 0.2) is 36.7 Å². The van der Waals surface area contributed by atoms with E-state index < -0.39 is 5.60 Å². The number of nitriles is 1. The van der Waals surface area contributed by atoms with Crippen LogP contribution in [0.1, 0.15) is 65.1 Å². The highest BCUT2D eigenvalue weighted by Gasteiger charge is 2.46. The number of nitrogens with zero attached hydrogens (tertiary/aromatic N) is 5. The van der Waals surface area contributed by atoms with Crippen molar-refractivity contribution in [3.05, 3.63) is 70.2 Å². The van der Waals surface area contributed by atoms with E-state index in [2.05, 4.69) is 35.0 Å². The molecule has 1 aliphatic carbocycles. The van der Waals surface area contributed by atoms with E-state index in [4.69, 9.17) is 25.2 Å². The molecule has 0 radical (unpaired) electrons. The van der Waals surface area contributed by atoms with E-state index in [-0.39, 0.29) is 0 Å². The van der Waals surface area contributed by atoms with Gasteiger partial charge in [0.25, 0.3) is 0 Å². The summed E-state index contributed by atoms with van der Waals surface area (Å²) >= 11 is 0. The highest BCUT2D eigenvalue weighted by atomic mass is 16.5. The largest absolute Gasteiger partial charge is 0.467 e. The molecule has 1 saturated heterocycles. The van der Waals surface area contributed by atoms with E-state index in [9.17, 15) is 5.26 Å². The summed E-state index contributed by atoms with van der Waals surface area (Å²) in [6, 6.07) is 10.7. The Morgan fingerprint density at radius 3 is 2.86 bits per heavy atom. The van der Waals surface area contributed by atoms with Crippen molar-refractivity contribution in [3.63, 3.8) is 0 Å². The fraction of sp³-hybridized carbons (Fsp3) is 0.407. The van der Waals surface area contributed by atoms with E-state index in [1.807, 2.05) is 18.3 Å². The quantitative estimate of drug-likeness (QED) is 0.578. The van der Waals surface area contributed by atoms with Crippen LogP contribution in [-0.4, -0.2) is 35.2 Å². The van der Waals surface area contributed by atoms with Gasteiger partial charge in [0.1, 0.15) is 17.5 Å². The normalized spacial score (nSPS) is 23.2. The third-order valence-electron chi connectivity index (χ3n) is 7.87. The number of nitrogen functional groups attached to an aromatic ring is 1. The van der Waals surface area contributed by atoms with Crippen molar-refractivity contribution in [2.24, 2.45) is 0 Å². The Balaban J connectivity index is 1.38. The predicted molar refractivity (Wildman–Crippen MR) is 131 cm³/mol. The maximum absolute atomic E-state index is 9.99. The van der Waals surface area contributed by atoms with Crippen LogP contribution in [0.5, 0.6) is 6.01 Å². The third-order valence-corrected chi connectivity index (χ3v) is 7.87. The monoisotopic (exact) mass is 468 g/mol. The second kappa shape index (κ2) is 8.21. The standard InChI is InChI=1S/C27H28N6O2/c1-16-7-8-27(24-19(16)5-6-22(29)20(24)11-28)10-23-21(15-35-27)25(32-26(31-23)34-2)33-13-18(14-33)17-4-3-9-30-12-17/h3-6,9,12,16,18H,7-8,10,13-15,29H2,1-2H3/t16-,27-/m0/s1. The Kier molecular flexibility index (Phi) is 5.11. The summed E-state index contributed by atoms with van der Waals surface area (Å²) in [5.41, 5.74) is 11.9. The van der Waals surface area contributed by atoms with E-state index >= 15 is 0 Å². The van der Waals surface area contributed by atoms with Crippen LogP contribution in [0, 0.1) is 11.3 Å². The molecule has 8 heteroatoms. The topological polar surface area (TPSA) is 110 Å². The van der Waals surface area contributed by atoms with Gasteiger partial charge in [-0.3, -0.25) is 4.98 Å². The summed E-state index contributed by atoms with van der Waals surface area (Å²) in [7, 11) is 1.60. The molecule has 3 aliphatic rings. The van der Waals surface area contributed by atoms with Crippen molar-refractivity contribution in [2.75, 3.05) is 30.8 Å². The molecule has 2 aliphatic heterocycles. The highest BCUT2D eigenvalue weighted by molar-refractivity contribution is 5.64. The zero-order valence-electron chi connectivity index (χ0n) is 20.0. The Morgan fingerprint density at radius 2 is 2.11 bits per heavy atom. The maximum atomic E-state index is 9.99. The Morgan fingerprint density at radius 1 is 1.26 bits per heavy atom. The number of ether oxygens (including phenoxy) is 2. The van der Waals surface area contributed by atoms with Gasteiger partial charge in [-0.25, -0.2) is 0 Å². The Labute approximate surface area is 204 Å². The smallest absolute Gasteiger partial charge is 0.318 e. The molecule has 0 bridgehead atoms. The summed E-state index contributed by atoms with van der Waals surface area (Å²) in [5.74, 6) is 1.64. The first-order valence-corrected chi connectivity index (χ1v) is 12.1. The van der Waals surface area contributed by atoms with Gasteiger partial charge in [-0.15, -0.1) is 0 Å². The second-order valence-corrected chi connectivity index (χ2v) is 9.85. The third kappa shape index (κ3) is 3.41. The van der Waals surface area contributed by atoms with Gasteiger partial charge in [0.2, 0.25) is 0 Å². The molecule has 6 rings (SSSR count). The van der Waals surface area contributed by atoms with Crippen molar-refractivity contribution in [1.82, 2.24) is 15.0 Å². The van der Waals surface area contributed by atoms with Crippen molar-refractivity contribution < 1.29 is 9.47 Å². The van der Waals surface area contributed by atoms with Crippen molar-refractivity contribution in [1.29, 1.82) is 5.26 Å². The van der Waals surface area contributed by atoms with E-state index in [1.165, 1.54) is 5.56 Å². The lowest BCUT2D eigenvalue weighted by atomic mass is 9.69. The lowest BCUT2D eigenvalue weighted by Crippen LogP contribution is -2.47. The minimum absolute atomic E-state index is 0.342. The molecule has 1 fully saturated rings. The first-order chi connectivity index (χ1) is 17.0. The van der Waals surface area contributed by atoms with Gasteiger partial charge in [-0.05, 0) is 42.0 Å². The molecule has 0 unspecified atom stereocenters. The summed E-state index contributed by atoms with van der Waals surface area (Å²) in [5, 5.41) is 9.99. The number of fused-ring (bicyclic) bond motifs is 3. The number of rotatable bonds is 3. The van der Waals surface area contributed by atoms with Crippen molar-refractivity contribution in [2.45, 2.75) is 50.2 Å². The molecule has 8 nitrogen and oxygen atoms in total. The van der Waals surface area contributed by atoms with Crippen molar-refractivity contribution >= 4 is 11.5 Å². The molecular weight excluding hydrogens is 440 g/mol. The zero-order chi connectivity index (χ0) is 24.2. The second-order valence-electron chi connectivity index (χ2n) is 9.85. The Bertz CT molecular complexity index is 1330. The molecule has 0 saturated carbocycles. The fourth-order valence-electron chi connectivity index (χ4n) is 5.86. The molecule has 35 heavy (non-hydrogen) atoms. The lowest BCUT2D eigenvalue weighted by Gasteiger charge is -2.46. The van der Waals surface area contributed by atoms with Crippen LogP contribution in [0.2, 0.25) is 0 Å². The predicted octanol–water partition coefficient (Wildman–Crippen LogP) is 3.80. The van der Waals surface area contributed by atoms with Crippen LogP contribution in [-0.2, 0) is 23.4 Å². The molecule has 178 valence electrons. The number of hydrogen-bond acceptors (Lipinski definition) is 8. The zero-order valence-corrected chi connectivity index (χ0v) is 20.0. The van der Waals surface area contributed by atoms with Gasteiger partial charge < -0.3 is 20.1 Å². The molecule has 4 heterocycles. The Hall–Kier alpha value is -3.70. The molecule has 2 aromatic heterocycles. The van der Waals surface area contributed by atoms with Gasteiger partial charge in [0, 0.05) is 54.6 Å². The van der Waals surface area contributed by atoms with Gasteiger partial charge in [-0.2, -0.15) is 15.2 Å². The number of nitrogens with two attached hydrogens (primary N) is 1. The van der Waals surface area contributed by atoms with Gasteiger partial charge >= 0.3 is 6.01 Å². The minimum atomic E-state index is -0.626.